The van der Waals surface area contributed by atoms with Crippen molar-refractivity contribution in [1.82, 2.24) is 15.0 Å². The van der Waals surface area contributed by atoms with Gasteiger partial charge >= 0.3 is 0 Å². The molecule has 14 heavy (non-hydrogen) atoms. The zero-order chi connectivity index (χ0) is 9.97. The molecule has 0 aliphatic rings. The molecule has 0 radical (unpaired) electrons. The fourth-order valence-electron chi connectivity index (χ4n) is 1.12. The van der Waals surface area contributed by atoms with E-state index in [0.29, 0.717) is 6.54 Å². The Morgan fingerprint density at radius 1 is 1.00 bits per heavy atom. The molecule has 0 amide bonds. The van der Waals surface area contributed by atoms with Crippen LogP contribution in [0.1, 0.15) is 5.56 Å². The van der Waals surface area contributed by atoms with Gasteiger partial charge in [0, 0.05) is 0 Å². The molecule has 2 rings (SSSR count). The Balaban J connectivity index is 2.19. The second-order valence-electron chi connectivity index (χ2n) is 2.80. The van der Waals surface area contributed by atoms with Crippen LogP contribution in [0.25, 0.3) is 0 Å². The Labute approximate surface area is 98.4 Å². The molecule has 0 atom stereocenters. The van der Waals surface area contributed by atoms with E-state index in [2.05, 4.69) is 42.1 Å². The van der Waals surface area contributed by atoms with Gasteiger partial charge in [0.2, 0.25) is 0 Å². The highest BCUT2D eigenvalue weighted by Crippen LogP contribution is 2.17. The first-order valence-corrected chi connectivity index (χ1v) is 5.64. The molecule has 0 saturated carbocycles. The number of halogens is 2. The lowest BCUT2D eigenvalue weighted by atomic mass is 10.2. The average molecular weight is 317 g/mol. The minimum absolute atomic E-state index is 0.686. The summed E-state index contributed by atoms with van der Waals surface area (Å²) in [6.45, 7) is 0.686. The summed E-state index contributed by atoms with van der Waals surface area (Å²) in [6, 6.07) is 10.1. The van der Waals surface area contributed by atoms with Gasteiger partial charge in [-0.15, -0.1) is 10.2 Å². The molecule has 2 aromatic rings. The van der Waals surface area contributed by atoms with E-state index in [-0.39, 0.29) is 0 Å². The number of hydrogen-bond acceptors (Lipinski definition) is 2. The summed E-state index contributed by atoms with van der Waals surface area (Å²) in [7, 11) is 0. The molecule has 1 aromatic heterocycles. The molecule has 0 spiro atoms. The van der Waals surface area contributed by atoms with Crippen LogP contribution in [0.3, 0.4) is 0 Å². The average Bonchev–Trinajstić information content (AvgIpc) is 2.47. The molecule has 0 unspecified atom stereocenters. The zero-order valence-electron chi connectivity index (χ0n) is 7.19. The Morgan fingerprint density at radius 2 is 1.57 bits per heavy atom. The zero-order valence-corrected chi connectivity index (χ0v) is 10.4. The van der Waals surface area contributed by atoms with Crippen LogP contribution in [0.15, 0.2) is 39.5 Å². The number of hydrogen-bond donors (Lipinski definition) is 0. The predicted octanol–water partition coefficient (Wildman–Crippen LogP) is 2.85. The maximum Gasteiger partial charge on any atom is 0.162 e. The summed E-state index contributed by atoms with van der Waals surface area (Å²) < 4.78 is 1.46. The largest absolute Gasteiger partial charge is 0.178 e. The summed E-state index contributed by atoms with van der Waals surface area (Å²) in [5.41, 5.74) is 1.18. The Kier molecular flexibility index (Phi) is 2.98. The smallest absolute Gasteiger partial charge is 0.162 e. The van der Waals surface area contributed by atoms with Crippen molar-refractivity contribution in [1.29, 1.82) is 0 Å². The molecule has 0 bridgehead atoms. The fourth-order valence-corrected chi connectivity index (χ4v) is 1.65. The van der Waals surface area contributed by atoms with Gasteiger partial charge in [-0.05, 0) is 37.4 Å². The van der Waals surface area contributed by atoms with Gasteiger partial charge in [-0.2, -0.15) is 4.80 Å². The molecule has 1 heterocycles. The summed E-state index contributed by atoms with van der Waals surface area (Å²) >= 11 is 6.58. The van der Waals surface area contributed by atoms with Gasteiger partial charge in [0.1, 0.15) is 0 Å². The molecule has 3 nitrogen and oxygen atoms in total. The van der Waals surface area contributed by atoms with Gasteiger partial charge in [-0.1, -0.05) is 30.3 Å². The topological polar surface area (TPSA) is 30.7 Å². The highest BCUT2D eigenvalue weighted by molar-refractivity contribution is 9.13. The Hall–Kier alpha value is -0.680. The third kappa shape index (κ3) is 2.22. The molecule has 72 valence electrons. The summed E-state index contributed by atoms with van der Waals surface area (Å²) in [4.78, 5) is 1.64. The van der Waals surface area contributed by atoms with Gasteiger partial charge in [0.25, 0.3) is 0 Å². The van der Waals surface area contributed by atoms with Gasteiger partial charge < -0.3 is 0 Å². The van der Waals surface area contributed by atoms with Gasteiger partial charge in [-0.25, -0.2) is 0 Å². The van der Waals surface area contributed by atoms with E-state index in [1.54, 1.807) is 4.80 Å². The summed E-state index contributed by atoms with van der Waals surface area (Å²) in [6.07, 6.45) is 0. The van der Waals surface area contributed by atoms with Crippen molar-refractivity contribution < 1.29 is 0 Å². The van der Waals surface area contributed by atoms with Crippen molar-refractivity contribution in [2.45, 2.75) is 6.54 Å². The van der Waals surface area contributed by atoms with E-state index in [4.69, 9.17) is 0 Å². The normalized spacial score (nSPS) is 10.4. The SMILES string of the molecule is Brc1nn(Cc2ccccc2)nc1Br. The van der Waals surface area contributed by atoms with Crippen molar-refractivity contribution in [3.63, 3.8) is 0 Å². The number of nitrogens with zero attached hydrogens (tertiary/aromatic N) is 3. The van der Waals surface area contributed by atoms with Crippen molar-refractivity contribution in [2.75, 3.05) is 0 Å². The van der Waals surface area contributed by atoms with Crippen LogP contribution >= 0.6 is 31.9 Å². The Morgan fingerprint density at radius 3 is 2.14 bits per heavy atom. The van der Waals surface area contributed by atoms with Crippen LogP contribution in [0.5, 0.6) is 0 Å². The van der Waals surface area contributed by atoms with E-state index in [1.807, 2.05) is 30.3 Å². The molecular formula is C9H7Br2N3. The van der Waals surface area contributed by atoms with E-state index in [9.17, 15) is 0 Å². The van der Waals surface area contributed by atoms with E-state index in [0.717, 1.165) is 9.21 Å². The van der Waals surface area contributed by atoms with E-state index >= 15 is 0 Å². The molecule has 0 saturated heterocycles. The maximum atomic E-state index is 4.18. The highest BCUT2D eigenvalue weighted by Gasteiger charge is 2.04. The van der Waals surface area contributed by atoms with Gasteiger partial charge in [-0.3, -0.25) is 0 Å². The highest BCUT2D eigenvalue weighted by atomic mass is 79.9. The van der Waals surface area contributed by atoms with Crippen molar-refractivity contribution in [2.24, 2.45) is 0 Å². The number of benzene rings is 1. The number of rotatable bonds is 2. The quantitative estimate of drug-likeness (QED) is 0.853. The third-order valence-corrected chi connectivity index (χ3v) is 3.34. The molecular weight excluding hydrogens is 310 g/mol. The monoisotopic (exact) mass is 315 g/mol. The molecule has 0 aliphatic carbocycles. The standard InChI is InChI=1S/C9H7Br2N3/c10-8-9(11)13-14(12-8)6-7-4-2-1-3-5-7/h1-5H,6H2. The van der Waals surface area contributed by atoms with Crippen LogP contribution < -0.4 is 0 Å². The van der Waals surface area contributed by atoms with Crippen molar-refractivity contribution in [3.8, 4) is 0 Å². The minimum Gasteiger partial charge on any atom is -0.178 e. The minimum atomic E-state index is 0.686. The first kappa shape index (κ1) is 9.86. The first-order chi connectivity index (χ1) is 6.75. The third-order valence-electron chi connectivity index (χ3n) is 1.74. The van der Waals surface area contributed by atoms with Crippen LogP contribution in [0.2, 0.25) is 0 Å². The maximum absolute atomic E-state index is 4.18. The van der Waals surface area contributed by atoms with Crippen LogP contribution in [0, 0.1) is 0 Å². The first-order valence-electron chi connectivity index (χ1n) is 4.06. The Bertz CT molecular complexity index is 405. The van der Waals surface area contributed by atoms with Crippen molar-refractivity contribution >= 4 is 31.9 Å². The summed E-state index contributed by atoms with van der Waals surface area (Å²) in [5, 5.41) is 8.36. The van der Waals surface area contributed by atoms with E-state index < -0.39 is 0 Å². The molecule has 1 aromatic carbocycles. The lowest BCUT2D eigenvalue weighted by molar-refractivity contribution is 0.586. The van der Waals surface area contributed by atoms with Crippen LogP contribution in [-0.4, -0.2) is 15.0 Å². The molecule has 5 heteroatoms. The van der Waals surface area contributed by atoms with Crippen LogP contribution in [-0.2, 0) is 6.54 Å². The second kappa shape index (κ2) is 4.23. The number of aromatic nitrogens is 3. The van der Waals surface area contributed by atoms with Gasteiger partial charge in [0.15, 0.2) is 9.21 Å². The lowest BCUT2D eigenvalue weighted by Crippen LogP contribution is -2.03. The molecule has 0 aliphatic heterocycles. The fraction of sp³-hybridized carbons (Fsp3) is 0.111. The summed E-state index contributed by atoms with van der Waals surface area (Å²) in [5.74, 6) is 0. The van der Waals surface area contributed by atoms with Gasteiger partial charge in [0.05, 0.1) is 6.54 Å². The van der Waals surface area contributed by atoms with E-state index in [1.165, 1.54) is 5.56 Å². The second-order valence-corrected chi connectivity index (χ2v) is 4.30. The van der Waals surface area contributed by atoms with Crippen LogP contribution in [0.4, 0.5) is 0 Å². The molecule has 0 fully saturated rings. The lowest BCUT2D eigenvalue weighted by Gasteiger charge is -1.98. The predicted molar refractivity (Wildman–Crippen MR) is 61.0 cm³/mol. The van der Waals surface area contributed by atoms with Crippen molar-refractivity contribution in [3.05, 3.63) is 45.1 Å². The molecule has 0 N–H and O–H groups in total.